The monoisotopic (exact) mass is 1960 g/mol. The molecule has 16 aromatic rings. The number of methoxy groups -OCH3 is 1. The van der Waals surface area contributed by atoms with Gasteiger partial charge in [-0.1, -0.05) is 66.7 Å². The number of hydrogen-bond donors (Lipinski definition) is 11. The topological polar surface area (TPSA) is 490 Å². The van der Waals surface area contributed by atoms with Gasteiger partial charge in [-0.15, -0.1) is 0 Å². The number of anilines is 5. The highest BCUT2D eigenvalue weighted by atomic mass is 32.2. The quantitative estimate of drug-likeness (QED) is 0.0217. The highest BCUT2D eigenvalue weighted by Gasteiger charge is 2.27. The van der Waals surface area contributed by atoms with Crippen LogP contribution in [0.5, 0.6) is 11.6 Å². The summed E-state index contributed by atoms with van der Waals surface area (Å²) >= 11 is 0. The van der Waals surface area contributed by atoms with Crippen LogP contribution in [0.3, 0.4) is 0 Å². The van der Waals surface area contributed by atoms with Gasteiger partial charge in [-0.3, -0.25) is 19.2 Å². The van der Waals surface area contributed by atoms with E-state index in [2.05, 4.69) is 102 Å². The van der Waals surface area contributed by atoms with Gasteiger partial charge < -0.3 is 71.5 Å². The maximum absolute atomic E-state index is 12.9. The van der Waals surface area contributed by atoms with Crippen molar-refractivity contribution >= 4 is 136 Å². The third-order valence-electron chi connectivity index (χ3n) is 22.9. The van der Waals surface area contributed by atoms with Crippen LogP contribution in [0.25, 0.3) is 89.7 Å². The fourth-order valence-electron chi connectivity index (χ4n) is 14.5. The van der Waals surface area contributed by atoms with Gasteiger partial charge in [0.2, 0.25) is 5.88 Å². The largest absolute Gasteiger partial charge is 0.492 e. The number of likely N-dealkylation sites (N-methyl/N-ethyl adjacent to an activating group) is 1. The molecule has 0 saturated carbocycles. The summed E-state index contributed by atoms with van der Waals surface area (Å²) < 4.78 is 110. The van der Waals surface area contributed by atoms with Crippen LogP contribution in [-0.4, -0.2) is 208 Å². The van der Waals surface area contributed by atoms with E-state index in [0.717, 1.165) is 61.4 Å². The number of aromatic amines is 4. The number of fused-ring (bicyclic) bond motifs is 4. The van der Waals surface area contributed by atoms with Gasteiger partial charge in [-0.2, -0.15) is 0 Å². The van der Waals surface area contributed by atoms with Crippen molar-refractivity contribution in [2.24, 2.45) is 0 Å². The van der Waals surface area contributed by atoms with Gasteiger partial charge in [0.1, 0.15) is 40.1 Å². The minimum atomic E-state index is -3.36. The lowest BCUT2D eigenvalue weighted by Gasteiger charge is -2.29. The average molecular weight is 1960 g/mol. The van der Waals surface area contributed by atoms with Gasteiger partial charge in [-0.05, 0) is 210 Å². The molecule has 0 bridgehead atoms. The standard InChI is InChI=1S/C26H29N5O4S.C26H27N5O3S.C25H26N6O3S.C22H21N5O4S.10H2/c1-17(2)36(33,34)21-11-7-18(8-12-21)22-15-27-25-24(29-22)23(16-28-25)30-26(32)19-5-9-20(10-6-19)35-14-13-31(3)4;1-16(2)35(33,34)20-11-9-18(10-12-20)22-14-28-25-24(30-22)23(15-29-25)31-26(32)19-7-5-17(6-8-19)21-4-3-13-27-21;1-15(2)35(33,34)20-9-5-16(6-10-20)21-13-27-24-23(30-21)22(14-28-24)31-25(32)17-3-7-18(8-4-17)29-19-11-26-12-19;1-13(2)32(29,30)15-9-7-14(8-10-15)17-11-23-21-20(26-17)18(12-24-21)27-22(28)16-5-4-6-19(25-16)31-3;;;;;;;;;;/h5-12,15-17H,13-14H2,1-4H3,(H,27,28)(H,30,32);5-12,14-16,21,27H,3-4,13H2,1-2H3,(H,28,29)(H,31,32);3-10,13-15,19,26,29H,11-12H2,1-2H3,(H,27,28)(H,31,32);4-13H,1-3H3,(H,23,24)(H,27,28);10*1H. The average Bonchev–Trinajstić information content (AvgIpc) is 1.60. The Morgan fingerprint density at radius 1 is 0.420 bits per heavy atom. The molecule has 2 aliphatic rings. The molecule has 0 spiro atoms. The molecule has 0 radical (unpaired) electrons. The Kier molecular flexibility index (Phi) is 29.8. The summed E-state index contributed by atoms with van der Waals surface area (Å²) in [6.45, 7) is 17.5. The lowest BCUT2D eigenvalue weighted by molar-refractivity contribution is 0.101. The van der Waals surface area contributed by atoms with E-state index >= 15 is 0 Å². The molecule has 39 heteroatoms. The second kappa shape index (κ2) is 42.2. The van der Waals surface area contributed by atoms with Crippen LogP contribution in [0, 0.1) is 0 Å². The van der Waals surface area contributed by atoms with Crippen LogP contribution in [-0.2, 0) is 39.3 Å². The summed E-state index contributed by atoms with van der Waals surface area (Å²) in [5.41, 5.74) is 15.2. The molecule has 138 heavy (non-hydrogen) atoms. The van der Waals surface area contributed by atoms with E-state index in [1.807, 2.05) is 55.4 Å². The summed E-state index contributed by atoms with van der Waals surface area (Å²) in [6.07, 6.45) is 15.3. The summed E-state index contributed by atoms with van der Waals surface area (Å²) in [5, 5.41) is 19.6. The van der Waals surface area contributed by atoms with Crippen molar-refractivity contribution in [2.75, 3.05) is 80.6 Å². The number of amides is 4. The van der Waals surface area contributed by atoms with Gasteiger partial charge in [0.25, 0.3) is 23.6 Å². The number of hydrogen-bond acceptors (Lipinski definition) is 27. The summed E-state index contributed by atoms with van der Waals surface area (Å²) in [6, 6.07) is 53.9. The first-order chi connectivity index (χ1) is 66.1. The Bertz CT molecular complexity index is 7660. The first-order valence-corrected chi connectivity index (χ1v) is 50.6. The van der Waals surface area contributed by atoms with E-state index in [0.29, 0.717) is 143 Å². The number of nitrogens with zero attached hydrogens (tertiary/aromatic N) is 10. The summed E-state index contributed by atoms with van der Waals surface area (Å²) in [5.74, 6) is -0.151. The number of carbonyl (C=O) groups excluding carboxylic acids is 4. The number of benzene rings is 7. The van der Waals surface area contributed by atoms with Crippen molar-refractivity contribution in [1.29, 1.82) is 0 Å². The van der Waals surface area contributed by atoms with Crippen LogP contribution in [0.4, 0.5) is 28.4 Å². The van der Waals surface area contributed by atoms with Crippen LogP contribution in [0.15, 0.2) is 257 Å². The number of pyridine rings is 1. The predicted octanol–water partition coefficient (Wildman–Crippen LogP) is 17.8. The first-order valence-electron chi connectivity index (χ1n) is 44.4. The van der Waals surface area contributed by atoms with E-state index in [1.165, 1.54) is 12.7 Å². The smallest absolute Gasteiger partial charge is 0.274 e. The Morgan fingerprint density at radius 2 is 0.754 bits per heavy atom. The Hall–Kier alpha value is -14.9. The third-order valence-corrected chi connectivity index (χ3v) is 31.6. The number of ether oxygens (including phenoxy) is 2. The van der Waals surface area contributed by atoms with Crippen LogP contribution in [0.2, 0.25) is 0 Å². The molecule has 9 aromatic heterocycles. The zero-order valence-corrected chi connectivity index (χ0v) is 80.5. The first kappa shape index (κ1) is 97.7. The SMILES string of the molecule is CC(C)S(=O)(=O)c1ccc(-c2cnc3[nH]cc(NC(=O)c4ccc(C5CCCN5)cc4)c3n2)cc1.CC(C)S(=O)(=O)c1ccc(-c2cnc3[nH]cc(NC(=O)c4ccc(NC5CNC5)cc4)c3n2)cc1.CC(C)S(=O)(=O)c1ccc(-c2cnc3[nH]cc(NC(=O)c4ccc(OCCN(C)C)cc4)c3n2)cc1.COc1cccc(C(=O)Nc2c[nH]c3ncc(-c4ccc(S(=O)(=O)C(C)C)cc4)nc23)n1.[HH].[HH].[HH].[HH].[HH].[HH].[HH].[HH].[HH].[HH]. The number of carbonyl (C=O) groups is 4. The molecule has 2 fully saturated rings. The minimum absolute atomic E-state index is 0. The molecular weight excluding hydrogens is 1840 g/mol. The Balaban J connectivity index is 0.000000340. The van der Waals surface area contributed by atoms with E-state index in [-0.39, 0.29) is 57.3 Å². The van der Waals surface area contributed by atoms with Crippen LogP contribution in [0.1, 0.15) is 136 Å². The van der Waals surface area contributed by atoms with Crippen LogP contribution < -0.4 is 46.7 Å². The minimum Gasteiger partial charge on any atom is -0.492 e. The fourth-order valence-corrected chi connectivity index (χ4v) is 18.7. The zero-order valence-electron chi connectivity index (χ0n) is 77.3. The molecule has 7 aromatic carbocycles. The molecule has 2 saturated heterocycles. The lowest BCUT2D eigenvalue weighted by Crippen LogP contribution is -2.51. The fraction of sp³-hybridized carbons (Fsp3) is 0.242. The maximum Gasteiger partial charge on any atom is 0.274 e. The van der Waals surface area contributed by atoms with E-state index < -0.39 is 66.3 Å². The summed E-state index contributed by atoms with van der Waals surface area (Å²) in [7, 11) is -7.98. The number of rotatable bonds is 28. The van der Waals surface area contributed by atoms with Crippen molar-refractivity contribution in [3.8, 4) is 56.7 Å². The third kappa shape index (κ3) is 22.6. The second-order valence-electron chi connectivity index (χ2n) is 34.0. The van der Waals surface area contributed by atoms with Crippen molar-refractivity contribution < 1.29 is 76.6 Å². The molecule has 732 valence electrons. The van der Waals surface area contributed by atoms with Gasteiger partial charge >= 0.3 is 0 Å². The van der Waals surface area contributed by atoms with Crippen molar-refractivity contribution in [3.63, 3.8) is 0 Å². The highest BCUT2D eigenvalue weighted by Crippen LogP contribution is 2.34. The van der Waals surface area contributed by atoms with E-state index in [4.69, 9.17) is 9.47 Å². The number of sulfone groups is 4. The van der Waals surface area contributed by atoms with Crippen molar-refractivity contribution in [1.82, 2.24) is 80.3 Å². The number of nitrogens with one attached hydrogen (secondary N) is 11. The molecule has 1 atom stereocenters. The molecule has 11 N–H and O–H groups in total. The number of H-pyrrole nitrogens is 4. The lowest BCUT2D eigenvalue weighted by atomic mass is 10.0. The normalized spacial score (nSPS) is 13.5. The van der Waals surface area contributed by atoms with E-state index in [1.54, 1.807) is 257 Å². The molecule has 35 nitrogen and oxygen atoms in total. The maximum atomic E-state index is 12.9. The second-order valence-corrected chi connectivity index (χ2v) is 44.0. The Labute approximate surface area is 812 Å². The molecule has 11 heterocycles. The van der Waals surface area contributed by atoms with Crippen molar-refractivity contribution in [3.05, 3.63) is 266 Å². The molecular formula is C99H123N21O14S4. The molecule has 2 aliphatic heterocycles. The predicted molar refractivity (Wildman–Crippen MR) is 554 cm³/mol. The molecule has 1 unspecified atom stereocenters. The zero-order chi connectivity index (χ0) is 97.9. The molecule has 4 amide bonds. The van der Waals surface area contributed by atoms with E-state index in [9.17, 15) is 52.8 Å². The number of aromatic nitrogens is 13. The molecule has 0 aliphatic carbocycles. The van der Waals surface area contributed by atoms with Crippen molar-refractivity contribution in [2.45, 2.75) is 121 Å². The highest BCUT2D eigenvalue weighted by molar-refractivity contribution is 7.93. The van der Waals surface area contributed by atoms with Gasteiger partial charge in [0.15, 0.2) is 61.9 Å². The summed E-state index contributed by atoms with van der Waals surface area (Å²) in [4.78, 5) is 107. The van der Waals surface area contributed by atoms with Gasteiger partial charge in [0, 0.05) is 115 Å². The molecule has 18 rings (SSSR count). The Morgan fingerprint density at radius 3 is 1.06 bits per heavy atom. The van der Waals surface area contributed by atoms with Gasteiger partial charge in [-0.25, -0.2) is 78.5 Å². The van der Waals surface area contributed by atoms with Gasteiger partial charge in [0.05, 0.1) is 124 Å². The van der Waals surface area contributed by atoms with Crippen LogP contribution >= 0.6 is 0 Å².